The molecular formula is C18H16ClNO3. The molecule has 0 radical (unpaired) electrons. The van der Waals surface area contributed by atoms with Gasteiger partial charge in [0.1, 0.15) is 5.58 Å². The fraction of sp³-hybridized carbons (Fsp3) is 0.167. The van der Waals surface area contributed by atoms with Gasteiger partial charge in [-0.1, -0.05) is 48.0 Å². The summed E-state index contributed by atoms with van der Waals surface area (Å²) in [6.45, 7) is 0.647. The van der Waals surface area contributed by atoms with Crippen LogP contribution in [0.1, 0.15) is 21.7 Å². The number of carbonyl (C=O) groups excluding carboxylic acids is 1. The van der Waals surface area contributed by atoms with E-state index >= 15 is 0 Å². The van der Waals surface area contributed by atoms with Crippen LogP contribution in [0.15, 0.2) is 52.9 Å². The maximum Gasteiger partial charge on any atom is 0.287 e. The molecule has 0 saturated carbocycles. The number of hydrogen-bond donors (Lipinski definition) is 1. The van der Waals surface area contributed by atoms with Crippen molar-refractivity contribution < 1.29 is 13.9 Å². The fourth-order valence-electron chi connectivity index (χ4n) is 2.47. The summed E-state index contributed by atoms with van der Waals surface area (Å²) in [6.07, 6.45) is 0. The average Bonchev–Trinajstić information content (AvgIpc) is 2.93. The predicted octanol–water partition coefficient (Wildman–Crippen LogP) is 4.16. The zero-order valence-electron chi connectivity index (χ0n) is 12.6. The summed E-state index contributed by atoms with van der Waals surface area (Å²) in [7, 11) is 1.59. The molecule has 0 aliphatic heterocycles. The van der Waals surface area contributed by atoms with E-state index in [0.29, 0.717) is 23.8 Å². The predicted molar refractivity (Wildman–Crippen MR) is 89.5 cm³/mol. The lowest BCUT2D eigenvalue weighted by Gasteiger charge is -2.06. The van der Waals surface area contributed by atoms with Gasteiger partial charge < -0.3 is 14.5 Å². The van der Waals surface area contributed by atoms with Gasteiger partial charge in [-0.05, 0) is 17.7 Å². The van der Waals surface area contributed by atoms with Crippen LogP contribution in [0.4, 0.5) is 0 Å². The van der Waals surface area contributed by atoms with Crippen LogP contribution in [-0.2, 0) is 17.9 Å². The summed E-state index contributed by atoms with van der Waals surface area (Å²) >= 11 is 6.10. The number of nitrogens with one attached hydrogen (secondary N) is 1. The minimum atomic E-state index is -0.284. The number of halogens is 1. The van der Waals surface area contributed by atoms with E-state index in [1.807, 2.05) is 42.5 Å². The van der Waals surface area contributed by atoms with Crippen LogP contribution < -0.4 is 5.32 Å². The third-order valence-corrected chi connectivity index (χ3v) is 3.96. The summed E-state index contributed by atoms with van der Waals surface area (Å²) < 4.78 is 10.9. The number of carbonyl (C=O) groups is 1. The maximum absolute atomic E-state index is 12.5. The highest BCUT2D eigenvalue weighted by atomic mass is 35.5. The van der Waals surface area contributed by atoms with Crippen LogP contribution in [0.3, 0.4) is 0 Å². The molecule has 0 atom stereocenters. The molecule has 3 rings (SSSR count). The van der Waals surface area contributed by atoms with Gasteiger partial charge in [0.2, 0.25) is 0 Å². The molecule has 118 valence electrons. The number of ether oxygens (including phenoxy) is 1. The molecule has 0 fully saturated rings. The second-order valence-corrected chi connectivity index (χ2v) is 5.52. The summed E-state index contributed by atoms with van der Waals surface area (Å²) in [5.41, 5.74) is 2.27. The molecule has 5 heteroatoms. The highest BCUT2D eigenvalue weighted by molar-refractivity contribution is 6.31. The first-order chi connectivity index (χ1) is 11.2. The van der Waals surface area contributed by atoms with E-state index in [0.717, 1.165) is 16.5 Å². The lowest BCUT2D eigenvalue weighted by atomic mass is 10.1. The quantitative estimate of drug-likeness (QED) is 0.764. The molecule has 1 aromatic heterocycles. The number of furan rings is 1. The van der Waals surface area contributed by atoms with Crippen molar-refractivity contribution in [2.24, 2.45) is 0 Å². The van der Waals surface area contributed by atoms with E-state index in [9.17, 15) is 4.79 Å². The van der Waals surface area contributed by atoms with Gasteiger partial charge >= 0.3 is 0 Å². The summed E-state index contributed by atoms with van der Waals surface area (Å²) in [6, 6.07) is 14.9. The second kappa shape index (κ2) is 6.86. The Balaban J connectivity index is 1.86. The number of hydrogen-bond acceptors (Lipinski definition) is 3. The number of rotatable bonds is 5. The van der Waals surface area contributed by atoms with Crippen LogP contribution in [-0.4, -0.2) is 13.0 Å². The van der Waals surface area contributed by atoms with Gasteiger partial charge in [0.15, 0.2) is 5.76 Å². The third kappa shape index (κ3) is 3.23. The third-order valence-electron chi connectivity index (χ3n) is 3.59. The van der Waals surface area contributed by atoms with Crippen molar-refractivity contribution in [2.45, 2.75) is 13.2 Å². The Morgan fingerprint density at radius 1 is 1.17 bits per heavy atom. The fourth-order valence-corrected chi connectivity index (χ4v) is 2.67. The molecule has 1 N–H and O–H groups in total. The Bertz CT molecular complexity index is 841. The highest BCUT2D eigenvalue weighted by Crippen LogP contribution is 2.26. The topological polar surface area (TPSA) is 51.5 Å². The number of methoxy groups -OCH3 is 1. The Morgan fingerprint density at radius 3 is 2.70 bits per heavy atom. The largest absolute Gasteiger partial charge is 0.451 e. The zero-order valence-corrected chi connectivity index (χ0v) is 13.4. The summed E-state index contributed by atoms with van der Waals surface area (Å²) in [5, 5.41) is 4.35. The minimum Gasteiger partial charge on any atom is -0.451 e. The molecule has 1 heterocycles. The van der Waals surface area contributed by atoms with E-state index in [4.69, 9.17) is 20.8 Å². The van der Waals surface area contributed by atoms with Crippen molar-refractivity contribution in [3.8, 4) is 0 Å². The maximum atomic E-state index is 12.5. The van der Waals surface area contributed by atoms with Gasteiger partial charge in [-0.25, -0.2) is 0 Å². The Hall–Kier alpha value is -2.30. The van der Waals surface area contributed by atoms with Crippen LogP contribution in [0.2, 0.25) is 5.02 Å². The SMILES string of the molecule is COCc1c(C(=O)NCc2ccccc2Cl)oc2ccccc12. The lowest BCUT2D eigenvalue weighted by Crippen LogP contribution is -2.23. The van der Waals surface area contributed by atoms with Crippen molar-refractivity contribution in [1.29, 1.82) is 0 Å². The molecule has 2 aromatic carbocycles. The molecule has 0 saturated heterocycles. The van der Waals surface area contributed by atoms with Crippen LogP contribution in [0, 0.1) is 0 Å². The van der Waals surface area contributed by atoms with Crippen molar-refractivity contribution in [3.05, 3.63) is 70.4 Å². The van der Waals surface area contributed by atoms with Crippen molar-refractivity contribution >= 4 is 28.5 Å². The van der Waals surface area contributed by atoms with Gasteiger partial charge in [0.25, 0.3) is 5.91 Å². The monoisotopic (exact) mass is 329 g/mol. The Labute approximate surface area is 139 Å². The molecule has 4 nitrogen and oxygen atoms in total. The molecule has 0 unspecified atom stereocenters. The van der Waals surface area contributed by atoms with E-state index in [2.05, 4.69) is 5.32 Å². The molecule has 23 heavy (non-hydrogen) atoms. The van der Waals surface area contributed by atoms with Crippen molar-refractivity contribution in [2.75, 3.05) is 7.11 Å². The zero-order chi connectivity index (χ0) is 16.2. The lowest BCUT2D eigenvalue weighted by molar-refractivity contribution is 0.0918. The van der Waals surface area contributed by atoms with E-state index in [-0.39, 0.29) is 11.7 Å². The van der Waals surface area contributed by atoms with E-state index < -0.39 is 0 Å². The summed E-state index contributed by atoms with van der Waals surface area (Å²) in [5.74, 6) is -0.00623. The average molecular weight is 330 g/mol. The molecule has 0 aliphatic carbocycles. The first kappa shape index (κ1) is 15.6. The standard InChI is InChI=1S/C18H16ClNO3/c1-22-11-14-13-7-3-5-9-16(13)23-17(14)18(21)20-10-12-6-2-4-8-15(12)19/h2-9H,10-11H2,1H3,(H,20,21). The highest BCUT2D eigenvalue weighted by Gasteiger charge is 2.20. The second-order valence-electron chi connectivity index (χ2n) is 5.11. The van der Waals surface area contributed by atoms with E-state index in [1.54, 1.807) is 13.2 Å². The summed E-state index contributed by atoms with van der Waals surface area (Å²) in [4.78, 5) is 12.5. The van der Waals surface area contributed by atoms with Crippen molar-refractivity contribution in [1.82, 2.24) is 5.32 Å². The number of amides is 1. The Morgan fingerprint density at radius 2 is 1.91 bits per heavy atom. The molecule has 0 spiro atoms. The Kier molecular flexibility index (Phi) is 4.65. The first-order valence-electron chi connectivity index (χ1n) is 7.21. The molecule has 1 amide bonds. The molecule has 0 bridgehead atoms. The van der Waals surface area contributed by atoms with Gasteiger partial charge in [-0.15, -0.1) is 0 Å². The number of fused-ring (bicyclic) bond motifs is 1. The van der Waals surface area contributed by atoms with Gasteiger partial charge in [-0.3, -0.25) is 4.79 Å². The first-order valence-corrected chi connectivity index (χ1v) is 7.59. The van der Waals surface area contributed by atoms with Gasteiger partial charge in [-0.2, -0.15) is 0 Å². The molecule has 3 aromatic rings. The minimum absolute atomic E-state index is 0.278. The van der Waals surface area contributed by atoms with Gasteiger partial charge in [0.05, 0.1) is 6.61 Å². The molecular weight excluding hydrogens is 314 g/mol. The van der Waals surface area contributed by atoms with Crippen molar-refractivity contribution in [3.63, 3.8) is 0 Å². The van der Waals surface area contributed by atoms with Gasteiger partial charge in [0, 0.05) is 29.6 Å². The van der Waals surface area contributed by atoms with Crippen LogP contribution in [0.5, 0.6) is 0 Å². The van der Waals surface area contributed by atoms with Crippen LogP contribution in [0.25, 0.3) is 11.0 Å². The molecule has 0 aliphatic rings. The number of para-hydroxylation sites is 1. The van der Waals surface area contributed by atoms with Crippen LogP contribution >= 0.6 is 11.6 Å². The smallest absolute Gasteiger partial charge is 0.287 e. The normalized spacial score (nSPS) is 10.9. The van der Waals surface area contributed by atoms with E-state index in [1.165, 1.54) is 0 Å². The number of benzene rings is 2.